The summed E-state index contributed by atoms with van der Waals surface area (Å²) >= 11 is 0. The average Bonchev–Trinajstić information content (AvgIpc) is 2.47. The predicted molar refractivity (Wildman–Crippen MR) is 96.7 cm³/mol. The second-order valence-electron chi connectivity index (χ2n) is 5.28. The summed E-state index contributed by atoms with van der Waals surface area (Å²) in [6, 6.07) is 0. The molecule has 0 rings (SSSR count). The SMILES string of the molecule is CC.CC.CCC(C)CCN(C)C.COCCC(C)C. The first-order valence-corrected chi connectivity index (χ1v) is 8.57. The highest BCUT2D eigenvalue weighted by Crippen LogP contribution is 2.05. The lowest BCUT2D eigenvalue weighted by molar-refractivity contribution is 0.183. The molecular weight excluding hydrogens is 246 g/mol. The quantitative estimate of drug-likeness (QED) is 0.595. The Morgan fingerprint density at radius 2 is 1.35 bits per heavy atom. The molecular formula is C18H45NO. The number of ether oxygens (including phenoxy) is 1. The summed E-state index contributed by atoms with van der Waals surface area (Å²) in [6.45, 7) is 19.1. The van der Waals surface area contributed by atoms with Crippen molar-refractivity contribution in [1.82, 2.24) is 4.90 Å². The van der Waals surface area contributed by atoms with E-state index in [2.05, 4.69) is 46.7 Å². The molecule has 0 aromatic carbocycles. The van der Waals surface area contributed by atoms with E-state index in [0.29, 0.717) is 0 Å². The molecule has 0 saturated heterocycles. The largest absolute Gasteiger partial charge is 0.385 e. The molecule has 0 aromatic heterocycles. The van der Waals surface area contributed by atoms with Gasteiger partial charge in [0.05, 0.1) is 0 Å². The summed E-state index contributed by atoms with van der Waals surface area (Å²) < 4.78 is 4.85. The Labute approximate surface area is 131 Å². The molecule has 20 heavy (non-hydrogen) atoms. The minimum absolute atomic E-state index is 0.778. The van der Waals surface area contributed by atoms with E-state index in [-0.39, 0.29) is 0 Å². The third-order valence-electron chi connectivity index (χ3n) is 2.67. The van der Waals surface area contributed by atoms with E-state index in [1.807, 2.05) is 27.7 Å². The van der Waals surface area contributed by atoms with Crippen LogP contribution in [0.4, 0.5) is 0 Å². The first kappa shape index (κ1) is 28.1. The zero-order chi connectivity index (χ0) is 17.0. The summed E-state index contributed by atoms with van der Waals surface area (Å²) in [7, 11) is 5.99. The standard InChI is InChI=1S/C8H19N.C6H14O.2C2H6/c1-5-8(2)6-7-9(3)4;1-6(2)4-5-7-3;2*1-2/h8H,5-7H2,1-4H3;6H,4-5H2,1-3H3;2*1-2H3. The number of rotatable bonds is 7. The van der Waals surface area contributed by atoms with Gasteiger partial charge in [-0.2, -0.15) is 0 Å². The van der Waals surface area contributed by atoms with Crippen LogP contribution in [0.25, 0.3) is 0 Å². The summed E-state index contributed by atoms with van der Waals surface area (Å²) in [5.74, 6) is 1.67. The number of hydrogen-bond donors (Lipinski definition) is 0. The van der Waals surface area contributed by atoms with Crippen molar-refractivity contribution in [2.24, 2.45) is 11.8 Å². The van der Waals surface area contributed by atoms with Gasteiger partial charge in [-0.05, 0) is 45.3 Å². The van der Waals surface area contributed by atoms with Gasteiger partial charge in [0.25, 0.3) is 0 Å². The Balaban J connectivity index is -0.000000104. The lowest BCUT2D eigenvalue weighted by Gasteiger charge is -2.12. The van der Waals surface area contributed by atoms with Crippen LogP contribution in [0.2, 0.25) is 0 Å². The minimum atomic E-state index is 0.778. The van der Waals surface area contributed by atoms with Crippen molar-refractivity contribution in [3.05, 3.63) is 0 Å². The maximum atomic E-state index is 4.85. The van der Waals surface area contributed by atoms with E-state index < -0.39 is 0 Å². The normalized spacial score (nSPS) is 10.7. The van der Waals surface area contributed by atoms with Crippen molar-refractivity contribution in [3.8, 4) is 0 Å². The summed E-state index contributed by atoms with van der Waals surface area (Å²) in [4.78, 5) is 2.24. The molecule has 1 atom stereocenters. The van der Waals surface area contributed by atoms with Gasteiger partial charge in [-0.25, -0.2) is 0 Å². The van der Waals surface area contributed by atoms with Crippen molar-refractivity contribution < 1.29 is 4.74 Å². The predicted octanol–water partition coefficient (Wildman–Crippen LogP) is 5.72. The van der Waals surface area contributed by atoms with Gasteiger partial charge in [-0.15, -0.1) is 0 Å². The zero-order valence-corrected chi connectivity index (χ0v) is 16.5. The third kappa shape index (κ3) is 43.0. The van der Waals surface area contributed by atoms with E-state index in [1.54, 1.807) is 7.11 Å². The molecule has 2 heteroatoms. The molecule has 0 spiro atoms. The fourth-order valence-electron chi connectivity index (χ4n) is 1.04. The van der Waals surface area contributed by atoms with Gasteiger partial charge in [0.2, 0.25) is 0 Å². The highest BCUT2D eigenvalue weighted by atomic mass is 16.5. The van der Waals surface area contributed by atoms with Crippen molar-refractivity contribution in [3.63, 3.8) is 0 Å². The van der Waals surface area contributed by atoms with Crippen LogP contribution in [0.3, 0.4) is 0 Å². The van der Waals surface area contributed by atoms with Gasteiger partial charge in [0.1, 0.15) is 0 Å². The Bertz CT molecular complexity index is 125. The first-order valence-electron chi connectivity index (χ1n) is 8.57. The molecule has 0 aliphatic heterocycles. The highest BCUT2D eigenvalue weighted by molar-refractivity contribution is 4.51. The van der Waals surface area contributed by atoms with Crippen LogP contribution in [-0.4, -0.2) is 39.3 Å². The van der Waals surface area contributed by atoms with Gasteiger partial charge in [0.15, 0.2) is 0 Å². The Hall–Kier alpha value is -0.0800. The smallest absolute Gasteiger partial charge is 0.0464 e. The number of hydrogen-bond acceptors (Lipinski definition) is 2. The molecule has 0 fully saturated rings. The van der Waals surface area contributed by atoms with E-state index in [0.717, 1.165) is 18.4 Å². The van der Waals surface area contributed by atoms with E-state index in [9.17, 15) is 0 Å². The Morgan fingerprint density at radius 1 is 0.900 bits per heavy atom. The molecule has 0 aliphatic carbocycles. The topological polar surface area (TPSA) is 12.5 Å². The van der Waals surface area contributed by atoms with Crippen LogP contribution in [0.5, 0.6) is 0 Å². The Kier molecular flexibility index (Phi) is 38.4. The minimum Gasteiger partial charge on any atom is -0.385 e. The van der Waals surface area contributed by atoms with Gasteiger partial charge in [0, 0.05) is 13.7 Å². The fraction of sp³-hybridized carbons (Fsp3) is 1.00. The average molecular weight is 292 g/mol. The first-order chi connectivity index (χ1) is 9.43. The number of methoxy groups -OCH3 is 1. The third-order valence-corrected chi connectivity index (χ3v) is 2.67. The van der Waals surface area contributed by atoms with E-state index >= 15 is 0 Å². The second kappa shape index (κ2) is 27.3. The monoisotopic (exact) mass is 291 g/mol. The van der Waals surface area contributed by atoms with Crippen molar-refractivity contribution >= 4 is 0 Å². The zero-order valence-electron chi connectivity index (χ0n) is 16.5. The molecule has 0 amide bonds. The van der Waals surface area contributed by atoms with Crippen LogP contribution < -0.4 is 0 Å². The molecule has 0 heterocycles. The molecule has 0 N–H and O–H groups in total. The van der Waals surface area contributed by atoms with Crippen LogP contribution in [0.15, 0.2) is 0 Å². The van der Waals surface area contributed by atoms with Crippen molar-refractivity contribution in [2.75, 3.05) is 34.4 Å². The molecule has 0 aromatic rings. The summed E-state index contributed by atoms with van der Waals surface area (Å²) in [6.07, 6.45) is 3.83. The van der Waals surface area contributed by atoms with E-state index in [1.165, 1.54) is 25.8 Å². The molecule has 0 radical (unpaired) electrons. The van der Waals surface area contributed by atoms with Gasteiger partial charge in [-0.3, -0.25) is 0 Å². The maximum Gasteiger partial charge on any atom is 0.0464 e. The maximum absolute atomic E-state index is 4.85. The lowest BCUT2D eigenvalue weighted by Crippen LogP contribution is -2.15. The van der Waals surface area contributed by atoms with Crippen LogP contribution >= 0.6 is 0 Å². The molecule has 128 valence electrons. The second-order valence-corrected chi connectivity index (χ2v) is 5.28. The lowest BCUT2D eigenvalue weighted by atomic mass is 10.1. The highest BCUT2D eigenvalue weighted by Gasteiger charge is 1.97. The van der Waals surface area contributed by atoms with Gasteiger partial charge < -0.3 is 9.64 Å². The van der Waals surface area contributed by atoms with Gasteiger partial charge in [-0.1, -0.05) is 61.8 Å². The van der Waals surface area contributed by atoms with Crippen molar-refractivity contribution in [1.29, 1.82) is 0 Å². The van der Waals surface area contributed by atoms with Crippen molar-refractivity contribution in [2.45, 2.75) is 74.7 Å². The Morgan fingerprint density at radius 3 is 1.55 bits per heavy atom. The molecule has 0 saturated carbocycles. The van der Waals surface area contributed by atoms with Gasteiger partial charge >= 0.3 is 0 Å². The molecule has 0 aliphatic rings. The molecule has 1 unspecified atom stereocenters. The fourth-order valence-corrected chi connectivity index (χ4v) is 1.04. The summed E-state index contributed by atoms with van der Waals surface area (Å²) in [5, 5.41) is 0. The summed E-state index contributed by atoms with van der Waals surface area (Å²) in [5.41, 5.74) is 0. The molecule has 2 nitrogen and oxygen atoms in total. The molecule has 0 bridgehead atoms. The van der Waals surface area contributed by atoms with Crippen LogP contribution in [0.1, 0.15) is 74.7 Å². The van der Waals surface area contributed by atoms with Crippen LogP contribution in [0, 0.1) is 11.8 Å². The van der Waals surface area contributed by atoms with E-state index in [4.69, 9.17) is 4.74 Å². The van der Waals surface area contributed by atoms with Crippen LogP contribution in [-0.2, 0) is 4.74 Å². The number of nitrogens with zero attached hydrogens (tertiary/aromatic N) is 1.